The third-order valence-electron chi connectivity index (χ3n) is 13.2. The van der Waals surface area contributed by atoms with E-state index in [4.69, 9.17) is 9.47 Å². The summed E-state index contributed by atoms with van der Waals surface area (Å²) in [5.41, 5.74) is 1.57. The van der Waals surface area contributed by atoms with Crippen LogP contribution in [0.25, 0.3) is 11.3 Å². The Balaban J connectivity index is 0.000000197. The number of carbonyl (C=O) groups is 6. The summed E-state index contributed by atoms with van der Waals surface area (Å²) < 4.78 is 39.8. The quantitative estimate of drug-likeness (QED) is 0.0525. The van der Waals surface area contributed by atoms with Crippen molar-refractivity contribution in [2.24, 2.45) is 0 Å². The van der Waals surface area contributed by atoms with Gasteiger partial charge in [0.15, 0.2) is 11.1 Å². The molecule has 0 saturated carbocycles. The van der Waals surface area contributed by atoms with Gasteiger partial charge < -0.3 is 29.9 Å². The number of hydrogen-bond acceptors (Lipinski definition) is 9. The average Bonchev–Trinajstić information content (AvgIpc) is 3.99. The highest BCUT2D eigenvalue weighted by atomic mass is 79.9. The number of carbonyl (C=O) groups excluding carboxylic acids is 6. The van der Waals surface area contributed by atoms with Crippen molar-refractivity contribution in [3.05, 3.63) is 159 Å². The van der Waals surface area contributed by atoms with Crippen molar-refractivity contribution in [2.45, 2.75) is 75.5 Å². The standard InChI is InChI=1S/C29H31FN4O4Si.C24H27BrFN3O4Si/c1-39(2,3)15-14-38-19-34-27(36)29(32-28(34)37,18-33-17-21-9-12-23(30)16-24(21)26(33)35)22-10-7-20(8-11-22)25-6-4-5-13-31-25;1-34(2,3)11-10-33-15-29-22(31)24(27-23(29)32,17-5-7-18(25)8-6-17)14-28-13-16-4-9-19(26)12-20(16)21(28)30/h4-13,16H,14-15,17-19H2,1-3H3,(H,32,37);4-9,12H,10-11,13-15H2,1-3H3,(H,27,32)/t29-;24-/m00/s1. The predicted octanol–water partition coefficient (Wildman–Crippen LogP) is 8.91. The Morgan fingerprint density at radius 3 is 1.45 bits per heavy atom. The van der Waals surface area contributed by atoms with Gasteiger partial charge in [-0.15, -0.1) is 0 Å². The molecule has 2 atom stereocenters. The first-order valence-electron chi connectivity index (χ1n) is 23.9. The minimum atomic E-state index is -1.53. The normalized spacial score (nSPS) is 19.6. The van der Waals surface area contributed by atoms with Crippen molar-refractivity contribution in [3.8, 4) is 11.3 Å². The van der Waals surface area contributed by atoms with Crippen LogP contribution in [0.1, 0.15) is 43.0 Å². The molecule has 1 aromatic heterocycles. The van der Waals surface area contributed by atoms with Gasteiger partial charge in [0.05, 0.1) is 18.8 Å². The molecule has 5 aromatic rings. The summed E-state index contributed by atoms with van der Waals surface area (Å²) in [6.07, 6.45) is 1.70. The maximum absolute atomic E-state index is 14.0. The fraction of sp³-hybridized carbons (Fsp3) is 0.340. The van der Waals surface area contributed by atoms with Crippen LogP contribution >= 0.6 is 15.9 Å². The molecule has 73 heavy (non-hydrogen) atoms. The van der Waals surface area contributed by atoms with E-state index in [0.717, 1.165) is 37.6 Å². The number of rotatable bonds is 17. The maximum atomic E-state index is 14.0. The summed E-state index contributed by atoms with van der Waals surface area (Å²) >= 11 is 3.39. The van der Waals surface area contributed by atoms with Crippen LogP contribution in [0, 0.1) is 11.6 Å². The SMILES string of the molecule is C[Si](C)(C)CCOCN1C(=O)N[C@@](CN2Cc3ccc(F)cc3C2=O)(c2ccc(-c3ccccn3)cc2)C1=O.C[Si](C)(C)CCOCN1C(=O)N[C@@](CN2Cc3ccc(F)cc3C2=O)(c2ccc(Br)cc2)C1=O. The lowest BCUT2D eigenvalue weighted by Gasteiger charge is -2.32. The van der Waals surface area contributed by atoms with Gasteiger partial charge in [0.1, 0.15) is 25.1 Å². The Hall–Kier alpha value is -6.46. The number of nitrogens with one attached hydrogen (secondary N) is 2. The molecule has 4 aliphatic rings. The molecule has 9 rings (SSSR count). The lowest BCUT2D eigenvalue weighted by atomic mass is 9.88. The van der Waals surface area contributed by atoms with Crippen molar-refractivity contribution < 1.29 is 47.0 Å². The molecule has 8 amide bonds. The lowest BCUT2D eigenvalue weighted by Crippen LogP contribution is -2.53. The topological polar surface area (TPSA) is 171 Å². The first-order chi connectivity index (χ1) is 34.6. The van der Waals surface area contributed by atoms with Crippen LogP contribution in [0.2, 0.25) is 51.4 Å². The molecule has 15 nitrogen and oxygen atoms in total. The van der Waals surface area contributed by atoms with Crippen LogP contribution in [0.4, 0.5) is 18.4 Å². The van der Waals surface area contributed by atoms with E-state index in [-0.39, 0.29) is 62.6 Å². The van der Waals surface area contributed by atoms with Gasteiger partial charge in [0.2, 0.25) is 0 Å². The number of halogens is 3. The first kappa shape index (κ1) is 52.9. The summed E-state index contributed by atoms with van der Waals surface area (Å²) in [4.78, 5) is 89.4. The van der Waals surface area contributed by atoms with Crippen LogP contribution in [0.5, 0.6) is 0 Å². The third-order valence-corrected chi connectivity index (χ3v) is 17.2. The van der Waals surface area contributed by atoms with Crippen LogP contribution in [-0.2, 0) is 43.2 Å². The fourth-order valence-corrected chi connectivity index (χ4v) is 10.8. The van der Waals surface area contributed by atoms with E-state index in [9.17, 15) is 37.5 Å². The summed E-state index contributed by atoms with van der Waals surface area (Å²) in [7, 11) is -2.68. The molecule has 2 N–H and O–H groups in total. The smallest absolute Gasteiger partial charge is 0.327 e. The molecule has 0 spiro atoms. The van der Waals surface area contributed by atoms with Crippen molar-refractivity contribution in [1.82, 2.24) is 35.2 Å². The second-order valence-corrected chi connectivity index (χ2v) is 33.2. The number of hydrogen-bond donors (Lipinski definition) is 2. The number of ether oxygens (including phenoxy) is 2. The highest BCUT2D eigenvalue weighted by molar-refractivity contribution is 9.10. The second-order valence-electron chi connectivity index (χ2n) is 21.1. The number of imide groups is 2. The maximum Gasteiger partial charge on any atom is 0.327 e. The molecule has 2 fully saturated rings. The van der Waals surface area contributed by atoms with Crippen molar-refractivity contribution >= 4 is 67.8 Å². The van der Waals surface area contributed by atoms with E-state index >= 15 is 0 Å². The van der Waals surface area contributed by atoms with Gasteiger partial charge in [0.25, 0.3) is 23.6 Å². The Kier molecular flexibility index (Phi) is 15.3. The number of fused-ring (bicyclic) bond motifs is 2. The first-order valence-corrected chi connectivity index (χ1v) is 32.2. The number of amides is 8. The van der Waals surface area contributed by atoms with E-state index < -0.39 is 62.7 Å². The lowest BCUT2D eigenvalue weighted by molar-refractivity contribution is -0.136. The van der Waals surface area contributed by atoms with E-state index in [1.165, 1.54) is 34.1 Å². The fourth-order valence-electron chi connectivity index (χ4n) is 9.03. The summed E-state index contributed by atoms with van der Waals surface area (Å²) in [6.45, 7) is 14.1. The monoisotopic (exact) mass is 1090 g/mol. The van der Waals surface area contributed by atoms with Gasteiger partial charge in [0, 0.05) is 69.8 Å². The van der Waals surface area contributed by atoms with Crippen LogP contribution in [0.15, 0.2) is 114 Å². The minimum absolute atomic E-state index is 0.0836. The van der Waals surface area contributed by atoms with Crippen molar-refractivity contribution in [2.75, 3.05) is 39.8 Å². The van der Waals surface area contributed by atoms with Crippen LogP contribution in [-0.4, -0.2) is 116 Å². The number of pyridine rings is 1. The Morgan fingerprint density at radius 2 is 1.04 bits per heavy atom. The molecule has 20 heteroatoms. The number of aromatic nitrogens is 1. The highest BCUT2D eigenvalue weighted by Gasteiger charge is 2.56. The van der Waals surface area contributed by atoms with Gasteiger partial charge >= 0.3 is 12.1 Å². The molecule has 0 aliphatic carbocycles. The van der Waals surface area contributed by atoms with Crippen LogP contribution in [0.3, 0.4) is 0 Å². The molecule has 0 bridgehead atoms. The summed E-state index contributed by atoms with van der Waals surface area (Å²) in [6, 6.07) is 28.7. The van der Waals surface area contributed by atoms with Gasteiger partial charge in [-0.05, 0) is 82.9 Å². The molecule has 0 unspecified atom stereocenters. The van der Waals surface area contributed by atoms with Crippen molar-refractivity contribution in [3.63, 3.8) is 0 Å². The Morgan fingerprint density at radius 1 is 0.603 bits per heavy atom. The van der Waals surface area contributed by atoms with E-state index in [2.05, 4.69) is 70.8 Å². The zero-order valence-electron chi connectivity index (χ0n) is 41.6. The molecule has 382 valence electrons. The highest BCUT2D eigenvalue weighted by Crippen LogP contribution is 2.37. The number of urea groups is 2. The molecule has 5 heterocycles. The predicted molar refractivity (Wildman–Crippen MR) is 278 cm³/mol. The van der Waals surface area contributed by atoms with E-state index in [0.29, 0.717) is 35.5 Å². The largest absolute Gasteiger partial charge is 0.361 e. The summed E-state index contributed by atoms with van der Waals surface area (Å²) in [5, 5.41) is 5.70. The second kappa shape index (κ2) is 21.2. The molecular weight excluding hydrogens is 1040 g/mol. The molecule has 4 aliphatic heterocycles. The van der Waals surface area contributed by atoms with Gasteiger partial charge in [-0.3, -0.25) is 24.2 Å². The zero-order chi connectivity index (χ0) is 52.5. The molecule has 4 aromatic carbocycles. The number of nitrogens with zero attached hydrogens (tertiary/aromatic N) is 5. The van der Waals surface area contributed by atoms with Crippen molar-refractivity contribution in [1.29, 1.82) is 0 Å². The van der Waals surface area contributed by atoms with Crippen LogP contribution < -0.4 is 10.6 Å². The number of benzene rings is 4. The summed E-state index contributed by atoms with van der Waals surface area (Å²) in [5.74, 6) is -2.75. The Bertz CT molecular complexity index is 2940. The van der Waals surface area contributed by atoms with Gasteiger partial charge in [-0.1, -0.05) is 110 Å². The molecule has 2 saturated heterocycles. The van der Waals surface area contributed by atoms with Gasteiger partial charge in [-0.25, -0.2) is 28.2 Å². The Labute approximate surface area is 433 Å². The third kappa shape index (κ3) is 11.5. The average molecular weight is 1100 g/mol. The van der Waals surface area contributed by atoms with E-state index in [1.54, 1.807) is 54.7 Å². The zero-order valence-corrected chi connectivity index (χ0v) is 45.2. The minimum Gasteiger partial charge on any atom is -0.361 e. The van der Waals surface area contributed by atoms with Gasteiger partial charge in [-0.2, -0.15) is 0 Å². The molecular formula is C53H58BrF2N7O8Si2. The molecule has 0 radical (unpaired) electrons. The van der Waals surface area contributed by atoms with E-state index in [1.807, 2.05) is 30.3 Å².